The lowest BCUT2D eigenvalue weighted by Gasteiger charge is -2.33. The predicted octanol–water partition coefficient (Wildman–Crippen LogP) is 20.8. The number of pyridine rings is 2. The number of carbonyl (C=O) groups excluding carboxylic acids is 2. The van der Waals surface area contributed by atoms with Crippen molar-refractivity contribution in [3.05, 3.63) is 138 Å². The third-order valence-electron chi connectivity index (χ3n) is 19.4. The summed E-state index contributed by atoms with van der Waals surface area (Å²) in [4.78, 5) is 51.0. The normalized spacial score (nSPS) is 16.8. The predicted molar refractivity (Wildman–Crippen MR) is 454 cm³/mol. The molecule has 2 aliphatic carbocycles. The van der Waals surface area contributed by atoms with Gasteiger partial charge in [-0.15, -0.1) is 0 Å². The highest BCUT2D eigenvalue weighted by atomic mass is 79.9. The van der Waals surface area contributed by atoms with E-state index in [0.29, 0.717) is 84.2 Å². The molecule has 0 aliphatic heterocycles. The van der Waals surface area contributed by atoms with Crippen molar-refractivity contribution >= 4 is 88.9 Å². The summed E-state index contributed by atoms with van der Waals surface area (Å²) in [6, 6.07) is 32.9. The molecule has 0 bridgehead atoms. The van der Waals surface area contributed by atoms with Crippen LogP contribution in [-0.2, 0) is 42.7 Å². The zero-order chi connectivity index (χ0) is 78.4. The Morgan fingerprint density at radius 2 is 0.833 bits per heavy atom. The van der Waals surface area contributed by atoms with E-state index in [9.17, 15) is 9.59 Å². The minimum absolute atomic E-state index is 0.0495. The van der Waals surface area contributed by atoms with Gasteiger partial charge in [0.05, 0.1) is 63.6 Å². The van der Waals surface area contributed by atoms with Gasteiger partial charge in [0.15, 0.2) is 17.1 Å². The highest BCUT2D eigenvalue weighted by molar-refractivity contribution is 9.10. The number of ether oxygens (including phenoxy) is 7. The highest BCUT2D eigenvalue weighted by Gasteiger charge is 2.38. The van der Waals surface area contributed by atoms with E-state index in [1.165, 1.54) is 0 Å². The second-order valence-electron chi connectivity index (χ2n) is 36.0. The number of rotatable bonds is 33. The molecule has 2 aliphatic rings. The monoisotopic (exact) mass is 1610 g/mol. The van der Waals surface area contributed by atoms with E-state index in [1.54, 1.807) is 0 Å². The SMILES string of the molecule is C=C(OCC)c1c(C2CCC(C(=O)OC(C)(C)C)CC2)nc2c(-c3ccc(-c4ccccc4)nc3)cnn2c1N(COCC[Si](C)(C)C)COCC[Si](C)(C)C.CC(C)(C)OC(=O)C1CCC(c2nc3c(-c4ccc(-c5ccccc5)nc4)cnn3c(N(COCC[Si](C)(C)C)COCC[Si](C)(C)C)c2Br)CC1. The zero-order valence-corrected chi connectivity index (χ0v) is 73.9. The number of aromatic nitrogens is 8. The van der Waals surface area contributed by atoms with E-state index in [2.05, 4.69) is 153 Å². The first-order chi connectivity index (χ1) is 50.9. The highest BCUT2D eigenvalue weighted by Crippen LogP contribution is 2.46. The van der Waals surface area contributed by atoms with E-state index in [4.69, 9.17) is 63.3 Å². The van der Waals surface area contributed by atoms with Crippen LogP contribution in [0, 0.1) is 11.8 Å². The molecule has 2 aromatic carbocycles. The van der Waals surface area contributed by atoms with Crippen LogP contribution in [0.4, 0.5) is 11.6 Å². The second kappa shape index (κ2) is 37.5. The molecule has 19 nitrogen and oxygen atoms in total. The molecule has 0 amide bonds. The smallest absolute Gasteiger partial charge is 0.309 e. The van der Waals surface area contributed by atoms with Crippen molar-refractivity contribution in [1.82, 2.24) is 39.2 Å². The van der Waals surface area contributed by atoms with E-state index >= 15 is 0 Å². The molecule has 24 heteroatoms. The number of fused-ring (bicyclic) bond motifs is 2. The van der Waals surface area contributed by atoms with Gasteiger partial charge >= 0.3 is 11.9 Å². The summed E-state index contributed by atoms with van der Waals surface area (Å²) in [5.74, 6) is 1.89. The van der Waals surface area contributed by atoms with Crippen LogP contribution in [0.25, 0.3) is 61.8 Å². The summed E-state index contributed by atoms with van der Waals surface area (Å²) < 4.78 is 48.3. The quantitative estimate of drug-likeness (QED) is 0.0124. The summed E-state index contributed by atoms with van der Waals surface area (Å²) >= 11 is 4.04. The molecule has 8 aromatic rings. The first-order valence-corrected chi connectivity index (χ1v) is 54.7. The van der Waals surface area contributed by atoms with Gasteiger partial charge in [0, 0.05) is 116 Å². The van der Waals surface area contributed by atoms with Crippen molar-refractivity contribution in [2.45, 2.75) is 226 Å². The van der Waals surface area contributed by atoms with Crippen LogP contribution in [0.3, 0.4) is 0 Å². The maximum absolute atomic E-state index is 13.2. The van der Waals surface area contributed by atoms with Gasteiger partial charge in [0.25, 0.3) is 0 Å². The molecule has 0 spiro atoms. The molecule has 0 atom stereocenters. The van der Waals surface area contributed by atoms with Crippen LogP contribution in [0.1, 0.15) is 129 Å². The molecule has 586 valence electrons. The molecule has 0 unspecified atom stereocenters. The Bertz CT molecular complexity index is 4180. The van der Waals surface area contributed by atoms with Gasteiger partial charge < -0.3 is 43.0 Å². The topological polar surface area (TPSA) is 191 Å². The first-order valence-electron chi connectivity index (χ1n) is 39.0. The van der Waals surface area contributed by atoms with Gasteiger partial charge in [-0.05, 0) is 152 Å². The lowest BCUT2D eigenvalue weighted by molar-refractivity contribution is -0.162. The van der Waals surface area contributed by atoms with Gasteiger partial charge in [-0.1, -0.05) is 158 Å². The fourth-order valence-electron chi connectivity index (χ4n) is 13.2. The Labute approximate surface area is 656 Å². The van der Waals surface area contributed by atoms with Gasteiger partial charge in [-0.3, -0.25) is 19.6 Å². The van der Waals surface area contributed by atoms with E-state index in [1.807, 2.05) is 125 Å². The fourth-order valence-corrected chi connectivity index (χ4v) is 17.1. The number of benzene rings is 2. The molecule has 10 rings (SSSR count). The number of nitrogens with zero attached hydrogens (tertiary/aromatic N) is 10. The fraction of sp³-hybridized carbons (Fsp3) is 0.548. The average Bonchev–Trinajstić information content (AvgIpc) is 1.52. The standard InChI is InChI=1S/C44H65N5O5Si2.C40H58BrN5O4Si2/c1-12-53-32(2)39-40(34-18-20-35(21-19-34)43(50)54-44(3,4)5)47-41-37(36-22-23-38(45-28-36)33-16-14-13-15-17-33)29-46-49(41)42(39)48(30-51-24-26-55(6,7)8)31-52-25-27-56(9,10)11;1-40(2,3)50-39(47)31-17-15-30(16-18-31)36-35(41)38(45(27-48-21-23-51(4,5)6)28-49-22-24-52(7,8)9)46-37(44-36)33(26-43-46)32-19-20-34(42-25-32)29-13-11-10-12-14-29/h13-17,22-23,28-29,34-35H,2,12,18-21,24-27,30-31H2,1,3-11H3;10-14,19-20,25-26,30-31H,15-18,21-24,27-28H2,1-9H3. The van der Waals surface area contributed by atoms with Gasteiger partial charge in [-0.2, -0.15) is 19.2 Å². The van der Waals surface area contributed by atoms with Crippen molar-refractivity contribution < 1.29 is 42.7 Å². The molecule has 0 saturated heterocycles. The average molecular weight is 1610 g/mol. The number of hydrogen-bond acceptors (Lipinski definition) is 17. The molecule has 108 heavy (non-hydrogen) atoms. The Hall–Kier alpha value is -6.75. The Kier molecular flexibility index (Phi) is 29.6. The molecular weight excluding hydrogens is 1490 g/mol. The first kappa shape index (κ1) is 85.3. The van der Waals surface area contributed by atoms with Crippen molar-refractivity contribution in [1.29, 1.82) is 0 Å². The van der Waals surface area contributed by atoms with Crippen LogP contribution < -0.4 is 9.80 Å². The minimum Gasteiger partial charge on any atom is -0.494 e. The van der Waals surface area contributed by atoms with Crippen LogP contribution in [0.15, 0.2) is 121 Å². The van der Waals surface area contributed by atoms with Crippen LogP contribution in [0.5, 0.6) is 0 Å². The Balaban J connectivity index is 0.000000250. The van der Waals surface area contributed by atoms with Crippen molar-refractivity contribution in [3.8, 4) is 44.8 Å². The summed E-state index contributed by atoms with van der Waals surface area (Å²) in [6.45, 7) is 50.9. The molecular formula is C84H123BrN10O9Si4. The lowest BCUT2D eigenvalue weighted by Crippen LogP contribution is -2.35. The minimum atomic E-state index is -1.33. The molecule has 0 radical (unpaired) electrons. The van der Waals surface area contributed by atoms with Crippen LogP contribution in [0.2, 0.25) is 103 Å². The molecule has 0 N–H and O–H groups in total. The Morgan fingerprint density at radius 1 is 0.481 bits per heavy atom. The molecule has 6 aromatic heterocycles. The third kappa shape index (κ3) is 24.9. The van der Waals surface area contributed by atoms with Crippen molar-refractivity contribution in [2.75, 3.05) is 69.8 Å². The number of hydrogen-bond donors (Lipinski definition) is 0. The largest absolute Gasteiger partial charge is 0.494 e. The number of carbonyl (C=O) groups is 2. The summed E-state index contributed by atoms with van der Waals surface area (Å²) in [5.41, 5.74) is 10.7. The van der Waals surface area contributed by atoms with Crippen molar-refractivity contribution in [2.24, 2.45) is 11.8 Å². The van der Waals surface area contributed by atoms with E-state index in [-0.39, 0.29) is 35.6 Å². The van der Waals surface area contributed by atoms with Crippen LogP contribution >= 0.6 is 15.9 Å². The third-order valence-corrected chi connectivity index (χ3v) is 27.0. The Morgan fingerprint density at radius 3 is 1.18 bits per heavy atom. The second-order valence-corrected chi connectivity index (χ2v) is 59.3. The number of halogens is 1. The number of esters is 2. The van der Waals surface area contributed by atoms with E-state index < -0.39 is 43.5 Å². The summed E-state index contributed by atoms with van der Waals surface area (Å²) in [5, 5.41) is 9.96. The molecule has 2 fully saturated rings. The molecule has 6 heterocycles. The van der Waals surface area contributed by atoms with E-state index in [0.717, 1.165) is 146 Å². The summed E-state index contributed by atoms with van der Waals surface area (Å²) in [7, 11) is -5.23. The van der Waals surface area contributed by atoms with Gasteiger partial charge in [-0.25, -0.2) is 9.97 Å². The lowest BCUT2D eigenvalue weighted by atomic mass is 9.79. The van der Waals surface area contributed by atoms with Crippen LogP contribution in [-0.4, -0.2) is 155 Å². The summed E-state index contributed by atoms with van der Waals surface area (Å²) in [6.07, 6.45) is 13.7. The maximum Gasteiger partial charge on any atom is 0.309 e. The van der Waals surface area contributed by atoms with Gasteiger partial charge in [0.1, 0.15) is 49.7 Å². The molecule has 2 saturated carbocycles. The zero-order valence-electron chi connectivity index (χ0n) is 68.3. The maximum atomic E-state index is 13.2. The number of anilines is 2. The van der Waals surface area contributed by atoms with Gasteiger partial charge in [0.2, 0.25) is 0 Å². The van der Waals surface area contributed by atoms with Crippen molar-refractivity contribution in [3.63, 3.8) is 0 Å².